The predicted molar refractivity (Wildman–Crippen MR) is 194 cm³/mol. The predicted octanol–water partition coefficient (Wildman–Crippen LogP) is 11.9. The maximum absolute atomic E-state index is 6.99. The zero-order valence-corrected chi connectivity index (χ0v) is 26.0. The fourth-order valence-electron chi connectivity index (χ4n) is 8.93. The molecule has 2 aromatic heterocycles. The third kappa shape index (κ3) is 3.22. The van der Waals surface area contributed by atoms with Crippen LogP contribution < -0.4 is 0 Å². The average Bonchev–Trinajstić information content (AvgIpc) is 3.87. The van der Waals surface area contributed by atoms with Gasteiger partial charge in [0, 0.05) is 33.2 Å². The summed E-state index contributed by atoms with van der Waals surface area (Å²) in [6, 6.07) is 59.2. The first kappa shape index (κ1) is 26.0. The molecule has 1 spiro atoms. The Morgan fingerprint density at radius 1 is 0.417 bits per heavy atom. The molecule has 0 bridgehead atoms. The molecule has 0 aliphatic heterocycles. The molecular weight excluding hydrogens is 585 g/mol. The molecule has 48 heavy (non-hydrogen) atoms. The third-order valence-corrected chi connectivity index (χ3v) is 10.8. The molecule has 2 aliphatic rings. The van der Waals surface area contributed by atoms with Gasteiger partial charge in [0.25, 0.3) is 0 Å². The molecule has 1 unspecified atom stereocenters. The lowest BCUT2D eigenvalue weighted by Gasteiger charge is -2.29. The van der Waals surface area contributed by atoms with E-state index in [1.165, 1.54) is 50.1 Å². The van der Waals surface area contributed by atoms with E-state index in [0.29, 0.717) is 0 Å². The van der Waals surface area contributed by atoms with E-state index < -0.39 is 5.41 Å². The molecule has 9 aromatic rings. The first-order valence-corrected chi connectivity index (χ1v) is 16.6. The van der Waals surface area contributed by atoms with Crippen LogP contribution in [0.25, 0.3) is 55.2 Å². The lowest BCUT2D eigenvalue weighted by atomic mass is 9.72. The van der Waals surface area contributed by atoms with Gasteiger partial charge >= 0.3 is 0 Å². The molecule has 2 heterocycles. The SMILES string of the molecule is c1ccc(C(c2ccc3c(c2)C2(c4ccccc4-c4ccccc42)c2oc4ccccc4c2-3)c2cccc3c2oc2ccccc23)cc1. The summed E-state index contributed by atoms with van der Waals surface area (Å²) in [5.74, 6) is 0.970. The van der Waals surface area contributed by atoms with Crippen LogP contribution in [0, 0.1) is 0 Å². The van der Waals surface area contributed by atoms with E-state index in [1.54, 1.807) is 0 Å². The number of fused-ring (bicyclic) bond motifs is 15. The standard InChI is InChI=1S/C46H28O2/c1-2-13-28(14-3-1)42(36-20-12-19-33-32-17-6-10-23-40(32)47-44(33)36)29-25-26-34-39(27-29)46(45-43(34)35-18-7-11-24-41(35)48-45)37-21-8-4-15-30(37)31-16-5-9-22-38(31)46/h1-27,42H. The molecule has 0 radical (unpaired) electrons. The molecular formula is C46H28O2. The van der Waals surface area contributed by atoms with E-state index >= 15 is 0 Å². The van der Waals surface area contributed by atoms with Crippen LogP contribution in [0.4, 0.5) is 0 Å². The van der Waals surface area contributed by atoms with Crippen molar-refractivity contribution in [1.29, 1.82) is 0 Å². The van der Waals surface area contributed by atoms with Gasteiger partial charge in [-0.2, -0.15) is 0 Å². The Morgan fingerprint density at radius 2 is 1.04 bits per heavy atom. The quantitative estimate of drug-likeness (QED) is 0.186. The Morgan fingerprint density at radius 3 is 1.81 bits per heavy atom. The van der Waals surface area contributed by atoms with Crippen molar-refractivity contribution in [3.63, 3.8) is 0 Å². The molecule has 7 aromatic carbocycles. The molecule has 1 atom stereocenters. The summed E-state index contributed by atoms with van der Waals surface area (Å²) in [6.45, 7) is 0. The molecule has 2 nitrogen and oxygen atoms in total. The number of rotatable bonds is 3. The second kappa shape index (κ2) is 9.47. The van der Waals surface area contributed by atoms with E-state index in [9.17, 15) is 0 Å². The van der Waals surface area contributed by atoms with Crippen molar-refractivity contribution in [1.82, 2.24) is 0 Å². The summed E-state index contributed by atoms with van der Waals surface area (Å²) in [5, 5.41) is 3.45. The summed E-state index contributed by atoms with van der Waals surface area (Å²) in [5.41, 5.74) is 14.6. The van der Waals surface area contributed by atoms with Crippen LogP contribution in [-0.2, 0) is 5.41 Å². The summed E-state index contributed by atoms with van der Waals surface area (Å²) in [6.07, 6.45) is 0. The molecule has 0 fully saturated rings. The molecule has 2 heteroatoms. The van der Waals surface area contributed by atoms with Crippen LogP contribution in [0.1, 0.15) is 45.1 Å². The van der Waals surface area contributed by atoms with Gasteiger partial charge in [0.05, 0.1) is 0 Å². The van der Waals surface area contributed by atoms with Crippen molar-refractivity contribution in [3.05, 3.63) is 203 Å². The minimum Gasteiger partial charge on any atom is -0.459 e. The highest BCUT2D eigenvalue weighted by molar-refractivity contribution is 6.07. The monoisotopic (exact) mass is 612 g/mol. The highest BCUT2D eigenvalue weighted by Gasteiger charge is 2.55. The second-order valence-corrected chi connectivity index (χ2v) is 13.1. The Bertz CT molecular complexity index is 2700. The van der Waals surface area contributed by atoms with Crippen molar-refractivity contribution in [2.45, 2.75) is 11.3 Å². The number of furan rings is 2. The van der Waals surface area contributed by atoms with Crippen LogP contribution in [0.15, 0.2) is 173 Å². The van der Waals surface area contributed by atoms with Gasteiger partial charge in [-0.05, 0) is 56.6 Å². The summed E-state index contributed by atoms with van der Waals surface area (Å²) in [7, 11) is 0. The van der Waals surface area contributed by atoms with Gasteiger partial charge in [-0.3, -0.25) is 0 Å². The van der Waals surface area contributed by atoms with Gasteiger partial charge in [0.15, 0.2) is 0 Å². The minimum absolute atomic E-state index is 0.0478. The van der Waals surface area contributed by atoms with Gasteiger partial charge in [-0.15, -0.1) is 0 Å². The molecule has 11 rings (SSSR count). The number of benzene rings is 7. The van der Waals surface area contributed by atoms with Gasteiger partial charge in [-0.25, -0.2) is 0 Å². The largest absolute Gasteiger partial charge is 0.459 e. The van der Waals surface area contributed by atoms with Crippen molar-refractivity contribution in [2.75, 3.05) is 0 Å². The van der Waals surface area contributed by atoms with Gasteiger partial charge in [-0.1, -0.05) is 152 Å². The molecule has 0 N–H and O–H groups in total. The van der Waals surface area contributed by atoms with Gasteiger partial charge in [0.2, 0.25) is 0 Å². The van der Waals surface area contributed by atoms with E-state index in [0.717, 1.165) is 44.2 Å². The minimum atomic E-state index is -0.570. The summed E-state index contributed by atoms with van der Waals surface area (Å²) < 4.78 is 13.6. The number of para-hydroxylation sites is 3. The highest BCUT2D eigenvalue weighted by Crippen LogP contribution is 2.64. The van der Waals surface area contributed by atoms with Crippen LogP contribution in [0.3, 0.4) is 0 Å². The summed E-state index contributed by atoms with van der Waals surface area (Å²) >= 11 is 0. The van der Waals surface area contributed by atoms with Crippen molar-refractivity contribution >= 4 is 32.9 Å². The Hall–Kier alpha value is -6.12. The van der Waals surface area contributed by atoms with Crippen LogP contribution in [-0.4, -0.2) is 0 Å². The molecule has 2 aliphatic carbocycles. The van der Waals surface area contributed by atoms with Crippen molar-refractivity contribution in [2.24, 2.45) is 0 Å². The van der Waals surface area contributed by atoms with E-state index in [2.05, 4.69) is 158 Å². The lowest BCUT2D eigenvalue weighted by molar-refractivity contribution is 0.506. The Labute approximate surface area is 277 Å². The van der Waals surface area contributed by atoms with Crippen molar-refractivity contribution in [3.8, 4) is 22.3 Å². The first-order chi connectivity index (χ1) is 23.8. The van der Waals surface area contributed by atoms with Crippen molar-refractivity contribution < 1.29 is 8.83 Å². The van der Waals surface area contributed by atoms with Gasteiger partial charge in [0.1, 0.15) is 27.9 Å². The smallest absolute Gasteiger partial charge is 0.139 e. The normalized spacial score (nSPS) is 14.3. The lowest BCUT2D eigenvalue weighted by Crippen LogP contribution is -2.25. The zero-order valence-electron chi connectivity index (χ0n) is 26.0. The topological polar surface area (TPSA) is 26.3 Å². The van der Waals surface area contributed by atoms with Gasteiger partial charge < -0.3 is 8.83 Å². The first-order valence-electron chi connectivity index (χ1n) is 16.6. The summed E-state index contributed by atoms with van der Waals surface area (Å²) in [4.78, 5) is 0. The molecule has 224 valence electrons. The maximum atomic E-state index is 6.99. The molecule has 0 amide bonds. The van der Waals surface area contributed by atoms with E-state index in [1.807, 2.05) is 6.07 Å². The maximum Gasteiger partial charge on any atom is 0.139 e. The van der Waals surface area contributed by atoms with E-state index in [-0.39, 0.29) is 5.92 Å². The van der Waals surface area contributed by atoms with Crippen LogP contribution in [0.2, 0.25) is 0 Å². The second-order valence-electron chi connectivity index (χ2n) is 13.1. The average molecular weight is 613 g/mol. The fourth-order valence-corrected chi connectivity index (χ4v) is 8.93. The van der Waals surface area contributed by atoms with E-state index in [4.69, 9.17) is 8.83 Å². The molecule has 0 saturated heterocycles. The number of hydrogen-bond acceptors (Lipinski definition) is 2. The number of hydrogen-bond donors (Lipinski definition) is 0. The fraction of sp³-hybridized carbons (Fsp3) is 0.0435. The third-order valence-electron chi connectivity index (χ3n) is 10.8. The van der Waals surface area contributed by atoms with Crippen LogP contribution >= 0.6 is 0 Å². The highest BCUT2D eigenvalue weighted by atomic mass is 16.3. The Balaban J connectivity index is 1.24. The van der Waals surface area contributed by atoms with Crippen LogP contribution in [0.5, 0.6) is 0 Å². The zero-order chi connectivity index (χ0) is 31.4. The molecule has 0 saturated carbocycles. The Kier molecular flexibility index (Phi) is 5.13.